The van der Waals surface area contributed by atoms with E-state index >= 15 is 0 Å². The summed E-state index contributed by atoms with van der Waals surface area (Å²) in [5, 5.41) is 8.75. The molecule has 0 aliphatic carbocycles. The Balaban J connectivity index is 1.64. The molecule has 5 rings (SSSR count). The minimum absolute atomic E-state index is 0.193. The summed E-state index contributed by atoms with van der Waals surface area (Å²) in [7, 11) is 0. The molecule has 29 heavy (non-hydrogen) atoms. The Labute approximate surface area is 170 Å². The van der Waals surface area contributed by atoms with Crippen LogP contribution in [0.1, 0.15) is 41.9 Å². The summed E-state index contributed by atoms with van der Waals surface area (Å²) < 4.78 is 0. The number of rotatable bonds is 3. The molecule has 0 spiro atoms. The lowest BCUT2D eigenvalue weighted by Crippen LogP contribution is -2.27. The summed E-state index contributed by atoms with van der Waals surface area (Å²) >= 11 is 0. The van der Waals surface area contributed by atoms with E-state index in [0.717, 1.165) is 41.2 Å². The summed E-state index contributed by atoms with van der Waals surface area (Å²) in [5.41, 5.74) is 8.10. The van der Waals surface area contributed by atoms with Gasteiger partial charge in [-0.2, -0.15) is 10.2 Å². The van der Waals surface area contributed by atoms with Crippen molar-refractivity contribution in [1.29, 1.82) is 0 Å². The molecule has 2 atom stereocenters. The fourth-order valence-electron chi connectivity index (χ4n) is 4.48. The predicted octanol–water partition coefficient (Wildman–Crippen LogP) is 4.66. The van der Waals surface area contributed by atoms with E-state index in [1.54, 1.807) is 17.2 Å². The van der Waals surface area contributed by atoms with Gasteiger partial charge in [0.05, 0.1) is 35.2 Å². The van der Waals surface area contributed by atoms with Crippen LogP contribution in [0.15, 0.2) is 42.7 Å². The number of hydrogen-bond acceptors (Lipinski definition) is 4. The molecule has 2 aromatic carbocycles. The Morgan fingerprint density at radius 3 is 2.59 bits per heavy atom. The fourth-order valence-corrected chi connectivity index (χ4v) is 4.48. The third-order valence-corrected chi connectivity index (χ3v) is 6.25. The second-order valence-electron chi connectivity index (χ2n) is 8.24. The Hall–Kier alpha value is -3.15. The molecular formula is C23H26N6. The van der Waals surface area contributed by atoms with Gasteiger partial charge >= 0.3 is 0 Å². The van der Waals surface area contributed by atoms with Crippen LogP contribution in [0.3, 0.4) is 0 Å². The molecule has 0 bridgehead atoms. The number of hydrogen-bond donors (Lipinski definition) is 1. The highest BCUT2D eigenvalue weighted by Gasteiger charge is 2.36. The summed E-state index contributed by atoms with van der Waals surface area (Å²) in [6.45, 7) is 9.73. The van der Waals surface area contributed by atoms with Crippen molar-refractivity contribution >= 4 is 16.7 Å². The van der Waals surface area contributed by atoms with Crippen molar-refractivity contribution < 1.29 is 0 Å². The van der Waals surface area contributed by atoms with Crippen molar-refractivity contribution in [2.45, 2.75) is 40.2 Å². The van der Waals surface area contributed by atoms with Gasteiger partial charge in [0.2, 0.25) is 0 Å². The average Bonchev–Trinajstić information content (AvgIpc) is 3.44. The molecule has 6 heteroatoms. The van der Waals surface area contributed by atoms with Gasteiger partial charge in [-0.05, 0) is 68.0 Å². The molecule has 0 amide bonds. The van der Waals surface area contributed by atoms with E-state index in [4.69, 9.17) is 4.98 Å². The van der Waals surface area contributed by atoms with Gasteiger partial charge in [-0.3, -0.25) is 0 Å². The highest BCUT2D eigenvalue weighted by Crippen LogP contribution is 2.42. The van der Waals surface area contributed by atoms with Gasteiger partial charge < -0.3 is 9.88 Å². The number of anilines is 1. The molecule has 4 aromatic rings. The van der Waals surface area contributed by atoms with Crippen LogP contribution in [-0.2, 0) is 0 Å². The van der Waals surface area contributed by atoms with Crippen LogP contribution < -0.4 is 4.90 Å². The lowest BCUT2D eigenvalue weighted by Gasteiger charge is -2.29. The van der Waals surface area contributed by atoms with Crippen LogP contribution in [0.4, 0.5) is 5.69 Å². The molecule has 1 saturated heterocycles. The summed E-state index contributed by atoms with van der Waals surface area (Å²) in [5.74, 6) is 1.54. The predicted molar refractivity (Wildman–Crippen MR) is 116 cm³/mol. The summed E-state index contributed by atoms with van der Waals surface area (Å²) in [6, 6.07) is 11.0. The second kappa shape index (κ2) is 6.72. The first-order valence-electron chi connectivity index (χ1n) is 10.2. The van der Waals surface area contributed by atoms with Gasteiger partial charge in [0.25, 0.3) is 0 Å². The molecule has 1 aliphatic rings. The van der Waals surface area contributed by atoms with E-state index in [9.17, 15) is 0 Å². The highest BCUT2D eigenvalue weighted by molar-refractivity contribution is 5.80. The Morgan fingerprint density at radius 1 is 1.00 bits per heavy atom. The first-order chi connectivity index (χ1) is 14.0. The average molecular weight is 387 g/mol. The number of nitrogens with one attached hydrogen (secondary N) is 1. The number of imidazole rings is 1. The molecule has 148 valence electrons. The lowest BCUT2D eigenvalue weighted by molar-refractivity contribution is 0.513. The maximum atomic E-state index is 5.06. The van der Waals surface area contributed by atoms with Crippen molar-refractivity contribution in [3.8, 4) is 5.69 Å². The maximum Gasteiger partial charge on any atom is 0.130 e. The molecule has 0 saturated carbocycles. The molecule has 3 heterocycles. The van der Waals surface area contributed by atoms with Crippen molar-refractivity contribution in [2.24, 2.45) is 5.92 Å². The van der Waals surface area contributed by atoms with E-state index in [2.05, 4.69) is 78.1 Å². The third kappa shape index (κ3) is 2.90. The SMILES string of the molecule is Cc1ccc(-n2nccn2)c(N2CC[C@H](C)[C@H]2c2nc3c(C)c(C)ccc3[nH]2)c1. The minimum atomic E-state index is 0.193. The van der Waals surface area contributed by atoms with Crippen molar-refractivity contribution in [3.63, 3.8) is 0 Å². The molecular weight excluding hydrogens is 360 g/mol. The first-order valence-corrected chi connectivity index (χ1v) is 10.2. The van der Waals surface area contributed by atoms with E-state index in [1.165, 1.54) is 16.7 Å². The highest BCUT2D eigenvalue weighted by atomic mass is 15.5. The van der Waals surface area contributed by atoms with Crippen LogP contribution >= 0.6 is 0 Å². The number of nitrogens with zero attached hydrogens (tertiary/aromatic N) is 5. The van der Waals surface area contributed by atoms with E-state index < -0.39 is 0 Å². The third-order valence-electron chi connectivity index (χ3n) is 6.25. The standard InChI is InChI=1S/C23H26N6/c1-14-5-8-19(29-24-10-11-25-29)20(13-14)28-12-9-16(3)22(28)23-26-18-7-6-15(2)17(4)21(18)27-23/h5-8,10-11,13,16,22H,9,12H2,1-4H3,(H,26,27)/t16-,22-/m0/s1. The van der Waals surface area contributed by atoms with Crippen molar-refractivity contribution in [3.05, 3.63) is 65.2 Å². The normalized spacial score (nSPS) is 19.4. The smallest absolute Gasteiger partial charge is 0.130 e. The lowest BCUT2D eigenvalue weighted by atomic mass is 10.0. The van der Waals surface area contributed by atoms with Crippen molar-refractivity contribution in [2.75, 3.05) is 11.4 Å². The number of H-pyrrole nitrogens is 1. The molecule has 0 radical (unpaired) electrons. The maximum absolute atomic E-state index is 5.06. The van der Waals surface area contributed by atoms with Gasteiger partial charge in [-0.25, -0.2) is 4.98 Å². The number of aryl methyl sites for hydroxylation is 3. The van der Waals surface area contributed by atoms with Gasteiger partial charge in [0.1, 0.15) is 11.5 Å². The van der Waals surface area contributed by atoms with Crippen LogP contribution in [-0.4, -0.2) is 31.5 Å². The quantitative estimate of drug-likeness (QED) is 0.556. The van der Waals surface area contributed by atoms with E-state index in [-0.39, 0.29) is 6.04 Å². The minimum Gasteiger partial charge on any atom is -0.359 e. The van der Waals surface area contributed by atoms with Crippen LogP contribution in [0.25, 0.3) is 16.7 Å². The van der Waals surface area contributed by atoms with Gasteiger partial charge in [0, 0.05) is 6.54 Å². The Kier molecular flexibility index (Phi) is 4.15. The van der Waals surface area contributed by atoms with E-state index in [1.807, 2.05) is 0 Å². The van der Waals surface area contributed by atoms with Crippen molar-refractivity contribution in [1.82, 2.24) is 25.0 Å². The second-order valence-corrected chi connectivity index (χ2v) is 8.24. The van der Waals surface area contributed by atoms with Gasteiger partial charge in [-0.1, -0.05) is 19.1 Å². The zero-order valence-corrected chi connectivity index (χ0v) is 17.3. The molecule has 6 nitrogen and oxygen atoms in total. The molecule has 0 unspecified atom stereocenters. The van der Waals surface area contributed by atoms with Gasteiger partial charge in [-0.15, -0.1) is 4.80 Å². The van der Waals surface area contributed by atoms with Crippen LogP contribution in [0, 0.1) is 26.7 Å². The number of benzene rings is 2. The largest absolute Gasteiger partial charge is 0.359 e. The first kappa shape index (κ1) is 17.9. The zero-order chi connectivity index (χ0) is 20.1. The summed E-state index contributed by atoms with van der Waals surface area (Å²) in [4.78, 5) is 12.9. The van der Waals surface area contributed by atoms with Gasteiger partial charge in [0.15, 0.2) is 0 Å². The number of aromatic nitrogens is 5. The zero-order valence-electron chi connectivity index (χ0n) is 17.3. The Morgan fingerprint density at radius 2 is 1.79 bits per heavy atom. The topological polar surface area (TPSA) is 62.6 Å². The summed E-state index contributed by atoms with van der Waals surface area (Å²) in [6.07, 6.45) is 4.57. The molecule has 2 aromatic heterocycles. The molecule has 1 aliphatic heterocycles. The number of aromatic amines is 1. The Bertz CT molecular complexity index is 1170. The van der Waals surface area contributed by atoms with Crippen LogP contribution in [0.2, 0.25) is 0 Å². The fraction of sp³-hybridized carbons (Fsp3) is 0.348. The van der Waals surface area contributed by atoms with E-state index in [0.29, 0.717) is 5.92 Å². The molecule has 1 N–H and O–H groups in total. The van der Waals surface area contributed by atoms with Crippen LogP contribution in [0.5, 0.6) is 0 Å². The molecule has 1 fully saturated rings. The number of fused-ring (bicyclic) bond motifs is 1. The monoisotopic (exact) mass is 386 g/mol.